The average molecular weight is 318 g/mol. The largest absolute Gasteiger partial charge is 0.494 e. The molecule has 1 rings (SSSR count). The van der Waals surface area contributed by atoms with Gasteiger partial charge >= 0.3 is 0 Å². The number of ether oxygens (including phenoxy) is 1. The third-order valence-electron chi connectivity index (χ3n) is 2.50. The monoisotopic (exact) mass is 317 g/mol. The van der Waals surface area contributed by atoms with Gasteiger partial charge in [0.05, 0.1) is 7.11 Å². The summed E-state index contributed by atoms with van der Waals surface area (Å²) in [6.07, 6.45) is 2.03. The first-order valence-electron chi connectivity index (χ1n) is 5.84. The van der Waals surface area contributed by atoms with Crippen molar-refractivity contribution >= 4 is 21.8 Å². The summed E-state index contributed by atoms with van der Waals surface area (Å²) in [5, 5.41) is 2.75. The first-order valence-corrected chi connectivity index (χ1v) is 6.75. The highest BCUT2D eigenvalue weighted by atomic mass is 79.9. The van der Waals surface area contributed by atoms with Crippen LogP contribution in [0.15, 0.2) is 18.2 Å². The predicted molar refractivity (Wildman–Crippen MR) is 72.9 cm³/mol. The molecule has 0 spiro atoms. The van der Waals surface area contributed by atoms with Crippen LogP contribution < -0.4 is 10.1 Å². The van der Waals surface area contributed by atoms with Gasteiger partial charge in [-0.1, -0.05) is 29.3 Å². The number of hydrogen-bond acceptors (Lipinski definition) is 2. The first-order chi connectivity index (χ1) is 8.58. The molecule has 5 heteroatoms. The number of benzene rings is 1. The number of methoxy groups -OCH3 is 1. The Labute approximate surface area is 115 Å². The Morgan fingerprint density at radius 2 is 2.28 bits per heavy atom. The summed E-state index contributed by atoms with van der Waals surface area (Å²) in [6.45, 7) is 2.61. The summed E-state index contributed by atoms with van der Waals surface area (Å²) in [5.74, 6) is -0.679. The molecule has 0 aromatic heterocycles. The number of halogens is 2. The Hall–Kier alpha value is -1.10. The van der Waals surface area contributed by atoms with Crippen molar-refractivity contribution in [2.75, 3.05) is 13.7 Å². The number of carbonyl (C=O) groups is 1. The Balaban J connectivity index is 2.59. The van der Waals surface area contributed by atoms with Gasteiger partial charge in [0.15, 0.2) is 11.6 Å². The van der Waals surface area contributed by atoms with Gasteiger partial charge in [0, 0.05) is 16.9 Å². The van der Waals surface area contributed by atoms with E-state index in [4.69, 9.17) is 4.74 Å². The molecule has 1 N–H and O–H groups in total. The zero-order valence-electron chi connectivity index (χ0n) is 10.5. The summed E-state index contributed by atoms with van der Waals surface area (Å²) in [7, 11) is 1.39. The Kier molecular flexibility index (Phi) is 6.12. The van der Waals surface area contributed by atoms with Gasteiger partial charge in [-0.25, -0.2) is 4.39 Å². The smallest absolute Gasteiger partial charge is 0.251 e. The maximum absolute atomic E-state index is 13.4. The Morgan fingerprint density at radius 3 is 2.83 bits per heavy atom. The second-order valence-electron chi connectivity index (χ2n) is 3.95. The lowest BCUT2D eigenvalue weighted by Crippen LogP contribution is -2.29. The fourth-order valence-electron chi connectivity index (χ4n) is 1.53. The van der Waals surface area contributed by atoms with Gasteiger partial charge in [-0.15, -0.1) is 0 Å². The van der Waals surface area contributed by atoms with Gasteiger partial charge in [0.2, 0.25) is 0 Å². The lowest BCUT2D eigenvalue weighted by Gasteiger charge is -2.10. The maximum Gasteiger partial charge on any atom is 0.251 e. The van der Waals surface area contributed by atoms with Gasteiger partial charge < -0.3 is 10.1 Å². The molecule has 1 atom stereocenters. The SMILES string of the molecule is CCCC(Br)CNC(=O)c1ccc(OC)c(F)c1. The third-order valence-corrected chi connectivity index (χ3v) is 3.28. The average Bonchev–Trinajstić information content (AvgIpc) is 2.36. The molecule has 0 bridgehead atoms. The van der Waals surface area contributed by atoms with E-state index in [0.717, 1.165) is 12.8 Å². The van der Waals surface area contributed by atoms with Crippen molar-refractivity contribution in [1.29, 1.82) is 0 Å². The standard InChI is InChI=1S/C13H17BrFNO2/c1-3-4-10(14)8-16-13(17)9-5-6-12(18-2)11(15)7-9/h5-7,10H,3-4,8H2,1-2H3,(H,16,17). The van der Waals surface area contributed by atoms with Crippen molar-refractivity contribution in [3.63, 3.8) is 0 Å². The van der Waals surface area contributed by atoms with Crippen molar-refractivity contribution in [2.24, 2.45) is 0 Å². The van der Waals surface area contributed by atoms with E-state index in [0.29, 0.717) is 12.1 Å². The van der Waals surface area contributed by atoms with Crippen molar-refractivity contribution in [3.05, 3.63) is 29.6 Å². The fourth-order valence-corrected chi connectivity index (χ4v) is 2.15. The van der Waals surface area contributed by atoms with Gasteiger partial charge in [-0.3, -0.25) is 4.79 Å². The fraction of sp³-hybridized carbons (Fsp3) is 0.462. The summed E-state index contributed by atoms with van der Waals surface area (Å²) in [6, 6.07) is 4.17. The van der Waals surface area contributed by atoms with Gasteiger partial charge in [0.1, 0.15) is 0 Å². The molecule has 0 aliphatic carbocycles. The summed E-state index contributed by atoms with van der Waals surface area (Å²) in [4.78, 5) is 12.0. The number of nitrogens with one attached hydrogen (secondary N) is 1. The summed E-state index contributed by atoms with van der Waals surface area (Å²) >= 11 is 3.47. The third kappa shape index (κ3) is 4.29. The minimum Gasteiger partial charge on any atom is -0.494 e. The quantitative estimate of drug-likeness (QED) is 0.819. The number of rotatable bonds is 6. The van der Waals surface area contributed by atoms with Crippen LogP contribution in [0.5, 0.6) is 5.75 Å². The van der Waals surface area contributed by atoms with E-state index in [9.17, 15) is 9.18 Å². The molecule has 0 aliphatic heterocycles. The summed E-state index contributed by atoms with van der Waals surface area (Å²) in [5.41, 5.74) is 0.296. The van der Waals surface area contributed by atoms with E-state index >= 15 is 0 Å². The molecule has 1 aromatic rings. The minimum atomic E-state index is -0.533. The lowest BCUT2D eigenvalue weighted by molar-refractivity contribution is 0.0953. The molecule has 0 aliphatic rings. The van der Waals surface area contributed by atoms with Gasteiger partial charge in [-0.05, 0) is 24.6 Å². The highest BCUT2D eigenvalue weighted by molar-refractivity contribution is 9.09. The molecule has 18 heavy (non-hydrogen) atoms. The van der Waals surface area contributed by atoms with Crippen molar-refractivity contribution in [3.8, 4) is 5.75 Å². The molecular weight excluding hydrogens is 301 g/mol. The van der Waals surface area contributed by atoms with E-state index in [1.54, 1.807) is 6.07 Å². The normalized spacial score (nSPS) is 12.0. The molecule has 0 radical (unpaired) electrons. The highest BCUT2D eigenvalue weighted by Crippen LogP contribution is 2.17. The van der Waals surface area contributed by atoms with Crippen molar-refractivity contribution < 1.29 is 13.9 Å². The molecule has 1 aromatic carbocycles. The van der Waals surface area contributed by atoms with Crippen LogP contribution >= 0.6 is 15.9 Å². The van der Waals surface area contributed by atoms with Crippen LogP contribution in [-0.2, 0) is 0 Å². The number of alkyl halides is 1. The zero-order valence-corrected chi connectivity index (χ0v) is 12.1. The molecule has 0 saturated heterocycles. The van der Waals surface area contributed by atoms with Crippen LogP contribution in [0.25, 0.3) is 0 Å². The van der Waals surface area contributed by atoms with Crippen LogP contribution in [0.4, 0.5) is 4.39 Å². The van der Waals surface area contributed by atoms with Crippen molar-refractivity contribution in [1.82, 2.24) is 5.32 Å². The first kappa shape index (κ1) is 15.0. The molecule has 0 heterocycles. The minimum absolute atomic E-state index is 0.135. The van der Waals surface area contributed by atoms with Crippen LogP contribution in [0, 0.1) is 5.82 Å². The molecule has 1 unspecified atom stereocenters. The van der Waals surface area contributed by atoms with Crippen LogP contribution in [-0.4, -0.2) is 24.4 Å². The zero-order chi connectivity index (χ0) is 13.5. The molecule has 1 amide bonds. The van der Waals surface area contributed by atoms with Gasteiger partial charge in [0.25, 0.3) is 5.91 Å². The lowest BCUT2D eigenvalue weighted by atomic mass is 10.2. The number of hydrogen-bond donors (Lipinski definition) is 1. The molecule has 3 nitrogen and oxygen atoms in total. The maximum atomic E-state index is 13.4. The van der Waals surface area contributed by atoms with E-state index in [2.05, 4.69) is 28.2 Å². The molecular formula is C13H17BrFNO2. The second kappa shape index (κ2) is 7.36. The van der Waals surface area contributed by atoms with E-state index in [1.165, 1.54) is 19.2 Å². The molecule has 100 valence electrons. The van der Waals surface area contributed by atoms with Crippen LogP contribution in [0.3, 0.4) is 0 Å². The van der Waals surface area contributed by atoms with Crippen LogP contribution in [0.1, 0.15) is 30.1 Å². The van der Waals surface area contributed by atoms with E-state index < -0.39 is 5.82 Å². The van der Waals surface area contributed by atoms with Crippen molar-refractivity contribution in [2.45, 2.75) is 24.6 Å². The Bertz CT molecular complexity index is 412. The number of carbonyl (C=O) groups excluding carboxylic acids is 1. The summed E-state index contributed by atoms with van der Waals surface area (Å²) < 4.78 is 18.2. The second-order valence-corrected chi connectivity index (χ2v) is 5.24. The van der Waals surface area contributed by atoms with E-state index in [1.807, 2.05) is 0 Å². The van der Waals surface area contributed by atoms with E-state index in [-0.39, 0.29) is 16.5 Å². The number of amides is 1. The Morgan fingerprint density at radius 1 is 1.56 bits per heavy atom. The highest BCUT2D eigenvalue weighted by Gasteiger charge is 2.11. The predicted octanol–water partition coefficient (Wildman–Crippen LogP) is 3.13. The molecule has 0 fully saturated rings. The van der Waals surface area contributed by atoms with Gasteiger partial charge in [-0.2, -0.15) is 0 Å². The van der Waals surface area contributed by atoms with Crippen LogP contribution in [0.2, 0.25) is 0 Å². The molecule has 0 saturated carbocycles. The topological polar surface area (TPSA) is 38.3 Å².